The third kappa shape index (κ3) is 2.27. The van der Waals surface area contributed by atoms with Gasteiger partial charge in [0, 0.05) is 11.8 Å². The van der Waals surface area contributed by atoms with Crippen LogP contribution < -0.4 is 11.1 Å². The predicted molar refractivity (Wildman–Crippen MR) is 52.7 cm³/mol. The molecule has 0 saturated carbocycles. The number of hydrogen-bond donors (Lipinski definition) is 2. The van der Waals surface area contributed by atoms with Gasteiger partial charge in [-0.05, 0) is 18.6 Å². The molecule has 1 atom stereocenters. The van der Waals surface area contributed by atoms with Crippen molar-refractivity contribution in [2.75, 3.05) is 23.3 Å². The van der Waals surface area contributed by atoms with Crippen LogP contribution in [0.5, 0.6) is 0 Å². The quantitative estimate of drug-likeness (QED) is 0.756. The molecule has 13 heavy (non-hydrogen) atoms. The van der Waals surface area contributed by atoms with Crippen LogP contribution in [0.4, 0.5) is 12.0 Å². The lowest BCUT2D eigenvalue weighted by Crippen LogP contribution is -2.13. The van der Waals surface area contributed by atoms with E-state index in [0.29, 0.717) is 11.3 Å². The molecule has 1 aliphatic rings. The minimum Gasteiger partial charge on any atom is -0.390 e. The van der Waals surface area contributed by atoms with Crippen LogP contribution in [-0.2, 0) is 0 Å². The molecular formula is C7H12N4OS. The molecule has 0 aromatic carbocycles. The largest absolute Gasteiger partial charge is 0.390 e. The van der Waals surface area contributed by atoms with Crippen molar-refractivity contribution >= 4 is 23.8 Å². The van der Waals surface area contributed by atoms with E-state index in [0.717, 1.165) is 6.54 Å². The molecule has 6 heteroatoms. The van der Waals surface area contributed by atoms with Gasteiger partial charge in [-0.1, -0.05) is 10.2 Å². The van der Waals surface area contributed by atoms with E-state index in [1.54, 1.807) is 0 Å². The van der Waals surface area contributed by atoms with E-state index in [-0.39, 0.29) is 6.01 Å². The zero-order valence-electron chi connectivity index (χ0n) is 7.19. The summed E-state index contributed by atoms with van der Waals surface area (Å²) < 4.78 is 4.98. The van der Waals surface area contributed by atoms with Gasteiger partial charge in [0.1, 0.15) is 0 Å². The van der Waals surface area contributed by atoms with Crippen LogP contribution in [0.15, 0.2) is 4.42 Å². The summed E-state index contributed by atoms with van der Waals surface area (Å²) in [7, 11) is 0. The highest BCUT2D eigenvalue weighted by atomic mass is 32.2. The molecule has 2 heterocycles. The second kappa shape index (κ2) is 3.87. The highest BCUT2D eigenvalue weighted by molar-refractivity contribution is 8.00. The van der Waals surface area contributed by atoms with Crippen LogP contribution in [0.2, 0.25) is 0 Å². The second-order valence-electron chi connectivity index (χ2n) is 2.96. The van der Waals surface area contributed by atoms with E-state index in [4.69, 9.17) is 10.2 Å². The van der Waals surface area contributed by atoms with Gasteiger partial charge in [-0.15, -0.1) is 0 Å². The first-order valence-electron chi connectivity index (χ1n) is 4.29. The monoisotopic (exact) mass is 200 g/mol. The Hall–Kier alpha value is -0.910. The fraction of sp³-hybridized carbons (Fsp3) is 0.714. The molecule has 3 N–H and O–H groups in total. The molecule has 0 amide bonds. The zero-order chi connectivity index (χ0) is 9.10. The fourth-order valence-corrected chi connectivity index (χ4v) is 2.51. The molecule has 2 rings (SSSR count). The standard InChI is InChI=1S/C7H12N4OS/c8-6-10-11-7(12-6)9-4-5-2-1-3-13-5/h5H,1-4H2,(H2,8,10)(H,9,11). The maximum atomic E-state index is 5.28. The molecule has 72 valence electrons. The topological polar surface area (TPSA) is 77.0 Å². The van der Waals surface area contributed by atoms with Crippen molar-refractivity contribution in [3.8, 4) is 0 Å². The van der Waals surface area contributed by atoms with E-state index < -0.39 is 0 Å². The molecule has 1 aromatic heterocycles. The number of nitrogen functional groups attached to an aromatic ring is 1. The van der Waals surface area contributed by atoms with Crippen molar-refractivity contribution in [3.05, 3.63) is 0 Å². The maximum absolute atomic E-state index is 5.28. The van der Waals surface area contributed by atoms with E-state index in [1.807, 2.05) is 11.8 Å². The summed E-state index contributed by atoms with van der Waals surface area (Å²) in [5, 5.41) is 11.0. The first-order chi connectivity index (χ1) is 6.34. The lowest BCUT2D eigenvalue weighted by Gasteiger charge is -2.06. The van der Waals surface area contributed by atoms with Gasteiger partial charge in [0.15, 0.2) is 0 Å². The Morgan fingerprint density at radius 3 is 3.15 bits per heavy atom. The number of anilines is 2. The van der Waals surface area contributed by atoms with Crippen molar-refractivity contribution in [3.63, 3.8) is 0 Å². The van der Waals surface area contributed by atoms with Crippen LogP contribution >= 0.6 is 11.8 Å². The van der Waals surface area contributed by atoms with Crippen LogP contribution in [0.1, 0.15) is 12.8 Å². The van der Waals surface area contributed by atoms with Crippen molar-refractivity contribution in [1.29, 1.82) is 0 Å². The van der Waals surface area contributed by atoms with Gasteiger partial charge in [-0.2, -0.15) is 11.8 Å². The summed E-state index contributed by atoms with van der Waals surface area (Å²) in [6.45, 7) is 0.881. The number of aromatic nitrogens is 2. The molecule has 0 bridgehead atoms. The van der Waals surface area contributed by atoms with E-state index in [9.17, 15) is 0 Å². The van der Waals surface area contributed by atoms with Gasteiger partial charge in [-0.3, -0.25) is 0 Å². The van der Waals surface area contributed by atoms with Gasteiger partial charge in [0.05, 0.1) is 0 Å². The molecule has 1 unspecified atom stereocenters. The number of hydrogen-bond acceptors (Lipinski definition) is 6. The molecule has 1 aromatic rings. The van der Waals surface area contributed by atoms with Gasteiger partial charge < -0.3 is 15.5 Å². The van der Waals surface area contributed by atoms with E-state index in [1.165, 1.54) is 18.6 Å². The summed E-state index contributed by atoms with van der Waals surface area (Å²) in [5.74, 6) is 1.26. The number of nitrogens with two attached hydrogens (primary N) is 1. The van der Waals surface area contributed by atoms with Crippen molar-refractivity contribution in [2.45, 2.75) is 18.1 Å². The smallest absolute Gasteiger partial charge is 0.316 e. The molecule has 0 radical (unpaired) electrons. The van der Waals surface area contributed by atoms with Crippen LogP contribution in [0.25, 0.3) is 0 Å². The van der Waals surface area contributed by atoms with E-state index in [2.05, 4.69) is 15.5 Å². The van der Waals surface area contributed by atoms with Gasteiger partial charge in [0.25, 0.3) is 0 Å². The predicted octanol–water partition coefficient (Wildman–Crippen LogP) is 0.959. The Bertz CT molecular complexity index is 271. The number of nitrogens with one attached hydrogen (secondary N) is 1. The number of rotatable bonds is 3. The molecule has 1 fully saturated rings. The van der Waals surface area contributed by atoms with Gasteiger partial charge >= 0.3 is 12.0 Å². The summed E-state index contributed by atoms with van der Waals surface area (Å²) in [6, 6.07) is 0.534. The SMILES string of the molecule is Nc1nnc(NCC2CCCS2)o1. The fourth-order valence-electron chi connectivity index (χ4n) is 1.31. The minimum atomic E-state index is 0.113. The zero-order valence-corrected chi connectivity index (χ0v) is 8.01. The summed E-state index contributed by atoms with van der Waals surface area (Å²) >= 11 is 1.98. The highest BCUT2D eigenvalue weighted by Gasteiger charge is 2.15. The molecule has 1 saturated heterocycles. The number of nitrogens with zero attached hydrogens (tertiary/aromatic N) is 2. The Balaban J connectivity index is 1.78. The van der Waals surface area contributed by atoms with Gasteiger partial charge in [-0.25, -0.2) is 0 Å². The second-order valence-corrected chi connectivity index (χ2v) is 4.37. The Morgan fingerprint density at radius 2 is 2.54 bits per heavy atom. The van der Waals surface area contributed by atoms with Gasteiger partial charge in [0.2, 0.25) is 0 Å². The maximum Gasteiger partial charge on any atom is 0.316 e. The van der Waals surface area contributed by atoms with Crippen molar-refractivity contribution in [1.82, 2.24) is 10.2 Å². The normalized spacial score (nSPS) is 22.0. The molecular weight excluding hydrogens is 188 g/mol. The molecule has 0 spiro atoms. The average Bonchev–Trinajstić information content (AvgIpc) is 2.71. The number of thioether (sulfide) groups is 1. The summed E-state index contributed by atoms with van der Waals surface area (Å²) in [4.78, 5) is 0. The Kier molecular flexibility index (Phi) is 2.58. The van der Waals surface area contributed by atoms with Crippen LogP contribution in [0, 0.1) is 0 Å². The van der Waals surface area contributed by atoms with Crippen molar-refractivity contribution in [2.24, 2.45) is 0 Å². The van der Waals surface area contributed by atoms with Crippen molar-refractivity contribution < 1.29 is 4.42 Å². The van der Waals surface area contributed by atoms with Crippen LogP contribution in [0.3, 0.4) is 0 Å². The summed E-state index contributed by atoms with van der Waals surface area (Å²) in [6.07, 6.45) is 2.57. The minimum absolute atomic E-state index is 0.113. The van der Waals surface area contributed by atoms with E-state index >= 15 is 0 Å². The lowest BCUT2D eigenvalue weighted by molar-refractivity contribution is 0.585. The van der Waals surface area contributed by atoms with Crippen LogP contribution in [-0.4, -0.2) is 27.7 Å². The first-order valence-corrected chi connectivity index (χ1v) is 5.34. The molecule has 0 aliphatic carbocycles. The Labute approximate surface area is 80.5 Å². The Morgan fingerprint density at radius 1 is 1.62 bits per heavy atom. The first kappa shape index (κ1) is 8.68. The molecule has 5 nitrogen and oxygen atoms in total. The third-order valence-corrected chi connectivity index (χ3v) is 3.34. The molecule has 1 aliphatic heterocycles. The lowest BCUT2D eigenvalue weighted by atomic mass is 10.2. The summed E-state index contributed by atoms with van der Waals surface area (Å²) in [5.41, 5.74) is 5.28. The third-order valence-electron chi connectivity index (χ3n) is 1.95. The highest BCUT2D eigenvalue weighted by Crippen LogP contribution is 2.26. The average molecular weight is 200 g/mol.